The van der Waals surface area contributed by atoms with E-state index in [2.05, 4.69) is 54.4 Å². The largest absolute Gasteiger partial charge is 0.347 e. The maximum atomic E-state index is 13.3. The summed E-state index contributed by atoms with van der Waals surface area (Å²) in [5.41, 5.74) is 3.01. The molecule has 2 amide bonds. The quantitative estimate of drug-likeness (QED) is 0.601. The van der Waals surface area contributed by atoms with Crippen LogP contribution >= 0.6 is 11.6 Å². The van der Waals surface area contributed by atoms with E-state index in [0.717, 1.165) is 44.1 Å². The van der Waals surface area contributed by atoms with Crippen molar-refractivity contribution in [1.82, 2.24) is 10.2 Å². The van der Waals surface area contributed by atoms with Gasteiger partial charge in [0.15, 0.2) is 0 Å². The van der Waals surface area contributed by atoms with E-state index in [1.807, 2.05) is 0 Å². The predicted octanol–water partition coefficient (Wildman–Crippen LogP) is 5.24. The Bertz CT molecular complexity index is 877. The molecule has 0 saturated heterocycles. The molecule has 1 fully saturated rings. The molecule has 0 radical (unpaired) electrons. The number of halogens is 1. The fourth-order valence-corrected chi connectivity index (χ4v) is 4.92. The number of amides is 2. The van der Waals surface area contributed by atoms with E-state index in [0.29, 0.717) is 17.9 Å². The van der Waals surface area contributed by atoms with Gasteiger partial charge in [0.2, 0.25) is 11.8 Å². The molecular weight excluding hydrogens is 408 g/mol. The van der Waals surface area contributed by atoms with Gasteiger partial charge < -0.3 is 10.2 Å². The molecule has 0 spiro atoms. The zero-order chi connectivity index (χ0) is 22.4. The molecule has 2 aliphatic carbocycles. The van der Waals surface area contributed by atoms with Crippen molar-refractivity contribution in [3.8, 4) is 0 Å². The van der Waals surface area contributed by atoms with Gasteiger partial charge in [-0.2, -0.15) is 0 Å². The maximum absolute atomic E-state index is 13.3. The Hall–Kier alpha value is -2.33. The number of nitrogens with zero attached hydrogens (tertiary/aromatic N) is 1. The first-order chi connectivity index (χ1) is 14.8. The van der Waals surface area contributed by atoms with Gasteiger partial charge in [0.1, 0.15) is 6.04 Å². The van der Waals surface area contributed by atoms with Crippen molar-refractivity contribution >= 4 is 29.0 Å². The number of hydrogen-bond donors (Lipinski definition) is 1. The normalized spacial score (nSPS) is 18.2. The van der Waals surface area contributed by atoms with Gasteiger partial charge in [0.05, 0.1) is 5.41 Å². The Labute approximate surface area is 191 Å². The van der Waals surface area contributed by atoms with Crippen LogP contribution in [0.2, 0.25) is 0 Å². The molecule has 1 aromatic rings. The van der Waals surface area contributed by atoms with E-state index < -0.39 is 11.5 Å². The van der Waals surface area contributed by atoms with Gasteiger partial charge in [0, 0.05) is 25.5 Å². The first kappa shape index (κ1) is 23.3. The molecule has 5 heteroatoms. The topological polar surface area (TPSA) is 49.4 Å². The number of nitrogens with one attached hydrogen (secondary N) is 1. The second-order valence-corrected chi connectivity index (χ2v) is 9.53. The van der Waals surface area contributed by atoms with Crippen molar-refractivity contribution < 1.29 is 9.59 Å². The molecule has 1 saturated carbocycles. The second kappa shape index (κ2) is 10.3. The summed E-state index contributed by atoms with van der Waals surface area (Å²) in [6.07, 6.45) is 13.0. The van der Waals surface area contributed by atoms with Crippen molar-refractivity contribution in [3.05, 3.63) is 65.2 Å². The number of allylic oxidation sites excluding steroid dienone is 5. The number of benzene rings is 1. The number of carbonyl (C=O) groups excluding carboxylic acids is 2. The molecule has 1 N–H and O–H groups in total. The fraction of sp³-hybridized carbons (Fsp3) is 0.462. The lowest BCUT2D eigenvalue weighted by Gasteiger charge is -2.31. The second-order valence-electron chi connectivity index (χ2n) is 9.00. The summed E-state index contributed by atoms with van der Waals surface area (Å²) in [7, 11) is 3.44. The van der Waals surface area contributed by atoms with Gasteiger partial charge in [0.25, 0.3) is 0 Å². The Balaban J connectivity index is 1.75. The molecule has 31 heavy (non-hydrogen) atoms. The summed E-state index contributed by atoms with van der Waals surface area (Å²) in [5, 5.41) is 3.56. The Kier molecular flexibility index (Phi) is 7.77. The van der Waals surface area contributed by atoms with Crippen LogP contribution in [0.1, 0.15) is 56.1 Å². The molecule has 0 aromatic heterocycles. The highest BCUT2D eigenvalue weighted by atomic mass is 35.5. The molecule has 1 atom stereocenters. The molecule has 1 unspecified atom stereocenters. The summed E-state index contributed by atoms with van der Waals surface area (Å²) in [4.78, 5) is 27.7. The third kappa shape index (κ3) is 5.88. The fourth-order valence-electron chi connectivity index (χ4n) is 4.66. The van der Waals surface area contributed by atoms with Gasteiger partial charge in [-0.3, -0.25) is 9.59 Å². The van der Waals surface area contributed by atoms with Crippen LogP contribution in [0.3, 0.4) is 0 Å². The van der Waals surface area contributed by atoms with Crippen LogP contribution < -0.4 is 5.32 Å². The van der Waals surface area contributed by atoms with Gasteiger partial charge in [-0.1, -0.05) is 73.5 Å². The van der Waals surface area contributed by atoms with Gasteiger partial charge in [-0.05, 0) is 48.8 Å². The third-order valence-electron chi connectivity index (χ3n) is 6.40. The van der Waals surface area contributed by atoms with Crippen LogP contribution in [-0.2, 0) is 16.0 Å². The Morgan fingerprint density at radius 2 is 1.87 bits per heavy atom. The molecule has 4 nitrogen and oxygen atoms in total. The van der Waals surface area contributed by atoms with E-state index in [4.69, 9.17) is 11.6 Å². The van der Waals surface area contributed by atoms with E-state index in [9.17, 15) is 9.59 Å². The summed E-state index contributed by atoms with van der Waals surface area (Å²) in [5.74, 6) is -0.182. The molecule has 0 heterocycles. The number of hydrogen-bond acceptors (Lipinski definition) is 2. The highest BCUT2D eigenvalue weighted by Gasteiger charge is 2.42. The van der Waals surface area contributed by atoms with Crippen molar-refractivity contribution in [3.63, 3.8) is 0 Å². The maximum Gasteiger partial charge on any atom is 0.244 e. The van der Waals surface area contributed by atoms with Gasteiger partial charge in [-0.25, -0.2) is 0 Å². The minimum atomic E-state index is -0.605. The molecule has 3 rings (SSSR count). The minimum Gasteiger partial charge on any atom is -0.347 e. The lowest BCUT2D eigenvalue weighted by atomic mass is 9.81. The monoisotopic (exact) mass is 440 g/mol. The lowest BCUT2D eigenvalue weighted by molar-refractivity contribution is -0.138. The Morgan fingerprint density at radius 1 is 1.19 bits per heavy atom. The summed E-state index contributed by atoms with van der Waals surface area (Å²) in [6.45, 7) is 3.80. The highest BCUT2D eigenvalue weighted by Crippen LogP contribution is 2.44. The smallest absolute Gasteiger partial charge is 0.244 e. The average Bonchev–Trinajstić information content (AvgIpc) is 3.23. The summed E-state index contributed by atoms with van der Waals surface area (Å²) < 4.78 is 0. The number of rotatable bonds is 8. The summed E-state index contributed by atoms with van der Waals surface area (Å²) >= 11 is 6.09. The average molecular weight is 441 g/mol. The third-order valence-corrected chi connectivity index (χ3v) is 6.53. The van der Waals surface area contributed by atoms with Crippen LogP contribution in [0.25, 0.3) is 5.57 Å². The number of likely N-dealkylation sites (N-methyl/N-ethyl adjacent to an activating group) is 1. The first-order valence-electron chi connectivity index (χ1n) is 11.1. The van der Waals surface area contributed by atoms with Gasteiger partial charge >= 0.3 is 0 Å². The van der Waals surface area contributed by atoms with Crippen molar-refractivity contribution in [2.24, 2.45) is 5.41 Å². The van der Waals surface area contributed by atoms with E-state index in [1.165, 1.54) is 11.1 Å². The van der Waals surface area contributed by atoms with Crippen molar-refractivity contribution in [2.45, 2.75) is 57.4 Å². The predicted molar refractivity (Wildman–Crippen MR) is 128 cm³/mol. The van der Waals surface area contributed by atoms with E-state index in [1.54, 1.807) is 19.0 Å². The van der Waals surface area contributed by atoms with Crippen LogP contribution in [0.15, 0.2) is 54.1 Å². The van der Waals surface area contributed by atoms with Crippen molar-refractivity contribution in [2.75, 3.05) is 14.1 Å². The van der Waals surface area contributed by atoms with E-state index >= 15 is 0 Å². The summed E-state index contributed by atoms with van der Waals surface area (Å²) in [6, 6.07) is 7.72. The first-order valence-corrected chi connectivity index (χ1v) is 11.5. The minimum absolute atomic E-state index is 0.0808. The molecule has 166 valence electrons. The zero-order valence-corrected chi connectivity index (χ0v) is 19.4. The van der Waals surface area contributed by atoms with Crippen molar-refractivity contribution in [1.29, 1.82) is 0 Å². The highest BCUT2D eigenvalue weighted by molar-refractivity contribution is 6.29. The van der Waals surface area contributed by atoms with Gasteiger partial charge in [-0.15, -0.1) is 0 Å². The SMILES string of the molecule is C=C(Cl)CC1(C(=O)NC(Cc2ccc(C3=CC=CCC3)cc2)C(=O)N(C)C)CCCC1. The molecule has 0 bridgehead atoms. The lowest BCUT2D eigenvalue weighted by Crippen LogP contribution is -2.51. The van der Waals surface area contributed by atoms with Crippen LogP contribution in [0, 0.1) is 5.41 Å². The van der Waals surface area contributed by atoms with Crippen LogP contribution in [0.4, 0.5) is 0 Å². The Morgan fingerprint density at radius 3 is 2.42 bits per heavy atom. The molecule has 1 aromatic carbocycles. The standard InChI is InChI=1S/C26H33ClN2O2/c1-19(27)18-26(15-7-8-16-26)25(31)28-23(24(30)29(2)3)17-20-11-13-22(14-12-20)21-9-5-4-6-10-21/h4-5,9,11-14,23H,1,6-8,10,15-18H2,2-3H3,(H,28,31). The molecule has 0 aliphatic heterocycles. The molecular formula is C26H33ClN2O2. The molecule has 2 aliphatic rings. The zero-order valence-electron chi connectivity index (χ0n) is 18.6. The van der Waals surface area contributed by atoms with Crippen LogP contribution in [-0.4, -0.2) is 36.9 Å². The van der Waals surface area contributed by atoms with E-state index in [-0.39, 0.29) is 11.8 Å². The van der Waals surface area contributed by atoms with Crippen LogP contribution in [0.5, 0.6) is 0 Å². The number of carbonyl (C=O) groups is 2.